The highest BCUT2D eigenvalue weighted by Gasteiger charge is 2.19. The van der Waals surface area contributed by atoms with E-state index in [9.17, 15) is 0 Å². The van der Waals surface area contributed by atoms with Gasteiger partial charge in [0.1, 0.15) is 0 Å². The predicted molar refractivity (Wildman–Crippen MR) is 57.2 cm³/mol. The molecule has 12 heavy (non-hydrogen) atoms. The highest BCUT2D eigenvalue weighted by Crippen LogP contribution is 2.32. The molecule has 72 valence electrons. The topological polar surface area (TPSA) is 0 Å². The zero-order valence-electron chi connectivity index (χ0n) is 9.73. The van der Waals surface area contributed by atoms with Crippen molar-refractivity contribution in [2.75, 3.05) is 0 Å². The van der Waals surface area contributed by atoms with Gasteiger partial charge in [-0.25, -0.2) is 0 Å². The summed E-state index contributed by atoms with van der Waals surface area (Å²) in [6, 6.07) is 0. The van der Waals surface area contributed by atoms with Crippen molar-refractivity contribution < 1.29 is 0 Å². The Balaban J connectivity index is 4.68. The summed E-state index contributed by atoms with van der Waals surface area (Å²) in [5, 5.41) is 0. The van der Waals surface area contributed by atoms with Crippen LogP contribution in [0, 0.1) is 17.3 Å². The van der Waals surface area contributed by atoms with Crippen LogP contribution >= 0.6 is 0 Å². The maximum absolute atomic E-state index is 2.41. The molecule has 0 amide bonds. The molecule has 0 aliphatic carbocycles. The van der Waals surface area contributed by atoms with Gasteiger partial charge >= 0.3 is 0 Å². The summed E-state index contributed by atoms with van der Waals surface area (Å²) < 4.78 is 0. The molecule has 0 aromatic carbocycles. The van der Waals surface area contributed by atoms with Crippen LogP contribution in [0.2, 0.25) is 0 Å². The zero-order chi connectivity index (χ0) is 9.94. The van der Waals surface area contributed by atoms with Gasteiger partial charge in [0.25, 0.3) is 0 Å². The lowest BCUT2D eigenvalue weighted by molar-refractivity contribution is 0.442. The Labute approximate surface area is 78.1 Å². The van der Waals surface area contributed by atoms with Crippen LogP contribution in [0.15, 0.2) is 11.6 Å². The van der Waals surface area contributed by atoms with E-state index in [1.807, 2.05) is 0 Å². The van der Waals surface area contributed by atoms with E-state index in [2.05, 4.69) is 54.5 Å². The van der Waals surface area contributed by atoms with Gasteiger partial charge in [0.2, 0.25) is 0 Å². The summed E-state index contributed by atoms with van der Waals surface area (Å²) in [6.45, 7) is 15.9. The molecule has 0 heterocycles. The maximum Gasteiger partial charge on any atom is -0.0170 e. The largest absolute Gasteiger partial charge is 0.0820 e. The Bertz CT molecular complexity index is 153. The fourth-order valence-electron chi connectivity index (χ4n) is 1.67. The van der Waals surface area contributed by atoms with Gasteiger partial charge in [-0.3, -0.25) is 0 Å². The lowest BCUT2D eigenvalue weighted by Crippen LogP contribution is -2.15. The Morgan fingerprint density at radius 3 is 1.50 bits per heavy atom. The minimum absolute atomic E-state index is 0.332. The van der Waals surface area contributed by atoms with Gasteiger partial charge < -0.3 is 0 Å². The minimum atomic E-state index is 0.332. The molecule has 0 bridgehead atoms. The van der Waals surface area contributed by atoms with E-state index in [4.69, 9.17) is 0 Å². The summed E-state index contributed by atoms with van der Waals surface area (Å²) in [6.07, 6.45) is 2.41. The molecule has 0 N–H and O–H groups in total. The summed E-state index contributed by atoms with van der Waals surface area (Å²) in [7, 11) is 0. The molecule has 0 radical (unpaired) electrons. The first kappa shape index (κ1) is 11.7. The smallest absolute Gasteiger partial charge is 0.0170 e. The lowest BCUT2D eigenvalue weighted by Gasteiger charge is -2.27. The van der Waals surface area contributed by atoms with E-state index in [1.165, 1.54) is 0 Å². The fraction of sp³-hybridized carbons (Fsp3) is 0.833. The molecule has 0 heteroatoms. The van der Waals surface area contributed by atoms with Crippen molar-refractivity contribution >= 4 is 0 Å². The molecule has 0 aromatic heterocycles. The second-order valence-electron chi connectivity index (χ2n) is 5.27. The molecule has 0 aliphatic heterocycles. The van der Waals surface area contributed by atoms with Gasteiger partial charge in [-0.15, -0.1) is 0 Å². The van der Waals surface area contributed by atoms with Crippen LogP contribution in [-0.4, -0.2) is 0 Å². The Hall–Kier alpha value is -0.260. The van der Waals surface area contributed by atoms with Crippen LogP contribution in [0.3, 0.4) is 0 Å². The molecule has 0 saturated carbocycles. The van der Waals surface area contributed by atoms with Gasteiger partial charge in [0.05, 0.1) is 0 Å². The van der Waals surface area contributed by atoms with E-state index in [-0.39, 0.29) is 0 Å². The third kappa shape index (κ3) is 3.94. The van der Waals surface area contributed by atoms with E-state index < -0.39 is 0 Å². The van der Waals surface area contributed by atoms with Crippen LogP contribution in [-0.2, 0) is 0 Å². The zero-order valence-corrected chi connectivity index (χ0v) is 9.73. The van der Waals surface area contributed by atoms with Crippen LogP contribution in [0.5, 0.6) is 0 Å². The highest BCUT2D eigenvalue weighted by molar-refractivity contribution is 5.13. The van der Waals surface area contributed by atoms with Crippen molar-refractivity contribution in [2.45, 2.75) is 48.5 Å². The van der Waals surface area contributed by atoms with Crippen LogP contribution in [0.4, 0.5) is 0 Å². The molecule has 0 aromatic rings. The Kier molecular flexibility index (Phi) is 4.02. The third-order valence-electron chi connectivity index (χ3n) is 2.00. The van der Waals surface area contributed by atoms with Crippen LogP contribution in [0.1, 0.15) is 48.5 Å². The Morgan fingerprint density at radius 2 is 1.42 bits per heavy atom. The predicted octanol–water partition coefficient (Wildman–Crippen LogP) is 4.27. The van der Waals surface area contributed by atoms with E-state index in [0.29, 0.717) is 17.3 Å². The van der Waals surface area contributed by atoms with E-state index in [1.54, 1.807) is 5.57 Å². The third-order valence-corrected chi connectivity index (χ3v) is 2.00. The summed E-state index contributed by atoms with van der Waals surface area (Å²) in [5.41, 5.74) is 1.91. The maximum atomic E-state index is 2.41. The quantitative estimate of drug-likeness (QED) is 0.540. The van der Waals surface area contributed by atoms with Gasteiger partial charge in [-0.1, -0.05) is 60.1 Å². The van der Waals surface area contributed by atoms with Crippen molar-refractivity contribution in [3.63, 3.8) is 0 Å². The SMILES string of the molecule is CC(C)C=C(C(C)C)C(C)(C)C. The number of hydrogen-bond acceptors (Lipinski definition) is 0. The lowest BCUT2D eigenvalue weighted by atomic mass is 9.79. The van der Waals surface area contributed by atoms with Crippen molar-refractivity contribution in [2.24, 2.45) is 17.3 Å². The molecule has 0 atom stereocenters. The average molecular weight is 168 g/mol. The average Bonchev–Trinajstić information content (AvgIpc) is 1.79. The summed E-state index contributed by atoms with van der Waals surface area (Å²) >= 11 is 0. The first-order chi connectivity index (χ1) is 5.25. The molecular weight excluding hydrogens is 144 g/mol. The molecular formula is C12H24. The van der Waals surface area contributed by atoms with Crippen molar-refractivity contribution in [1.82, 2.24) is 0 Å². The minimum Gasteiger partial charge on any atom is -0.0820 e. The first-order valence-electron chi connectivity index (χ1n) is 4.97. The van der Waals surface area contributed by atoms with E-state index in [0.717, 1.165) is 0 Å². The summed E-state index contributed by atoms with van der Waals surface area (Å²) in [4.78, 5) is 0. The van der Waals surface area contributed by atoms with Gasteiger partial charge in [-0.05, 0) is 17.3 Å². The molecule has 0 spiro atoms. The molecule has 0 rings (SSSR count). The second-order valence-corrected chi connectivity index (χ2v) is 5.27. The normalized spacial score (nSPS) is 14.6. The molecule has 0 saturated heterocycles. The standard InChI is InChI=1S/C12H24/c1-9(2)8-11(10(3)4)12(5,6)7/h8-10H,1-7H3. The highest BCUT2D eigenvalue weighted by atomic mass is 14.2. The monoisotopic (exact) mass is 168 g/mol. The Morgan fingerprint density at radius 1 is 1.00 bits per heavy atom. The number of hydrogen-bond donors (Lipinski definition) is 0. The van der Waals surface area contributed by atoms with Gasteiger partial charge in [0.15, 0.2) is 0 Å². The van der Waals surface area contributed by atoms with Crippen LogP contribution in [0.25, 0.3) is 0 Å². The van der Waals surface area contributed by atoms with Crippen LogP contribution < -0.4 is 0 Å². The molecule has 0 unspecified atom stereocenters. The molecule has 0 fully saturated rings. The van der Waals surface area contributed by atoms with Crippen molar-refractivity contribution in [1.29, 1.82) is 0 Å². The first-order valence-corrected chi connectivity index (χ1v) is 4.97. The summed E-state index contributed by atoms with van der Waals surface area (Å²) in [5.74, 6) is 1.34. The van der Waals surface area contributed by atoms with Gasteiger partial charge in [-0.2, -0.15) is 0 Å². The van der Waals surface area contributed by atoms with Crippen molar-refractivity contribution in [3.8, 4) is 0 Å². The molecule has 0 nitrogen and oxygen atoms in total. The second kappa shape index (κ2) is 4.11. The molecule has 0 aliphatic rings. The van der Waals surface area contributed by atoms with E-state index >= 15 is 0 Å². The fourth-order valence-corrected chi connectivity index (χ4v) is 1.67. The van der Waals surface area contributed by atoms with Gasteiger partial charge in [0, 0.05) is 0 Å². The number of allylic oxidation sites excluding steroid dienone is 2. The van der Waals surface area contributed by atoms with Crippen molar-refractivity contribution in [3.05, 3.63) is 11.6 Å². The number of rotatable bonds is 2.